The molecule has 0 heterocycles. The minimum atomic E-state index is -0.961. The first-order valence-corrected chi connectivity index (χ1v) is 9.36. The van der Waals surface area contributed by atoms with E-state index in [1.807, 2.05) is 72.8 Å². The van der Waals surface area contributed by atoms with Crippen LogP contribution < -0.4 is 9.47 Å². The third kappa shape index (κ3) is 3.56. The Kier molecular flexibility index (Phi) is 4.87. The number of ether oxygens (including phenoxy) is 2. The van der Waals surface area contributed by atoms with E-state index in [1.165, 1.54) is 0 Å². The maximum absolute atomic E-state index is 11.5. The zero-order valence-corrected chi connectivity index (χ0v) is 15.5. The van der Waals surface area contributed by atoms with Crippen molar-refractivity contribution >= 4 is 0 Å². The average Bonchev–Trinajstić information content (AvgIpc) is 2.73. The summed E-state index contributed by atoms with van der Waals surface area (Å²) in [5.74, 6) is 1.64. The lowest BCUT2D eigenvalue weighted by atomic mass is 9.75. The second kappa shape index (κ2) is 7.45. The average molecular weight is 360 g/mol. The number of aliphatic hydroxyl groups is 1. The first-order chi connectivity index (χ1) is 13.2. The van der Waals surface area contributed by atoms with Gasteiger partial charge in [-0.15, -0.1) is 0 Å². The molecular weight excluding hydrogens is 336 g/mol. The fourth-order valence-electron chi connectivity index (χ4n) is 3.84. The van der Waals surface area contributed by atoms with Crippen LogP contribution in [0.5, 0.6) is 11.5 Å². The molecule has 1 N–H and O–H groups in total. The van der Waals surface area contributed by atoms with E-state index in [0.717, 1.165) is 53.0 Å². The SMILES string of the molecule is COc1ccc2c(c1)CCCC2(O)c1ccc(OCc2ccccc2)cc1. The zero-order valence-electron chi connectivity index (χ0n) is 15.5. The fourth-order valence-corrected chi connectivity index (χ4v) is 3.84. The van der Waals surface area contributed by atoms with Crippen molar-refractivity contribution < 1.29 is 14.6 Å². The number of methoxy groups -OCH3 is 1. The van der Waals surface area contributed by atoms with Crippen LogP contribution in [-0.2, 0) is 18.6 Å². The summed E-state index contributed by atoms with van der Waals surface area (Å²) in [7, 11) is 1.67. The summed E-state index contributed by atoms with van der Waals surface area (Å²) in [5.41, 5.74) is 3.22. The molecule has 0 fully saturated rings. The lowest BCUT2D eigenvalue weighted by molar-refractivity contribution is 0.0614. The molecule has 1 atom stereocenters. The van der Waals surface area contributed by atoms with Crippen LogP contribution >= 0.6 is 0 Å². The van der Waals surface area contributed by atoms with Gasteiger partial charge in [0, 0.05) is 0 Å². The Labute approximate surface area is 160 Å². The van der Waals surface area contributed by atoms with Gasteiger partial charge in [-0.05, 0) is 65.8 Å². The van der Waals surface area contributed by atoms with Crippen molar-refractivity contribution in [1.82, 2.24) is 0 Å². The van der Waals surface area contributed by atoms with Gasteiger partial charge in [0.2, 0.25) is 0 Å². The topological polar surface area (TPSA) is 38.7 Å². The quantitative estimate of drug-likeness (QED) is 0.707. The Morgan fingerprint density at radius 3 is 2.41 bits per heavy atom. The van der Waals surface area contributed by atoms with Crippen LogP contribution in [-0.4, -0.2) is 12.2 Å². The number of fused-ring (bicyclic) bond motifs is 1. The standard InChI is InChI=1S/C24H24O3/c1-26-22-13-14-23-19(16-22)8-5-15-24(23,25)20-9-11-21(12-10-20)27-17-18-6-3-2-4-7-18/h2-4,6-7,9-14,16,25H,5,8,15,17H2,1H3. The maximum Gasteiger partial charge on any atom is 0.119 e. The molecule has 3 aromatic carbocycles. The zero-order chi connectivity index (χ0) is 18.7. The van der Waals surface area contributed by atoms with Crippen molar-refractivity contribution in [3.63, 3.8) is 0 Å². The Morgan fingerprint density at radius 2 is 1.67 bits per heavy atom. The fraction of sp³-hybridized carbons (Fsp3) is 0.250. The van der Waals surface area contributed by atoms with Crippen LogP contribution in [0.3, 0.4) is 0 Å². The van der Waals surface area contributed by atoms with Gasteiger partial charge in [0.1, 0.15) is 23.7 Å². The van der Waals surface area contributed by atoms with Crippen LogP contribution in [0, 0.1) is 0 Å². The summed E-state index contributed by atoms with van der Waals surface area (Å²) in [6.07, 6.45) is 2.63. The molecule has 1 aliphatic rings. The Bertz CT molecular complexity index is 903. The van der Waals surface area contributed by atoms with E-state index in [4.69, 9.17) is 9.47 Å². The third-order valence-electron chi connectivity index (χ3n) is 5.32. The summed E-state index contributed by atoms with van der Waals surface area (Å²) in [6.45, 7) is 0.535. The van der Waals surface area contributed by atoms with E-state index in [-0.39, 0.29) is 0 Å². The van der Waals surface area contributed by atoms with Gasteiger partial charge in [-0.1, -0.05) is 48.5 Å². The Morgan fingerprint density at radius 1 is 0.926 bits per heavy atom. The summed E-state index contributed by atoms with van der Waals surface area (Å²) < 4.78 is 11.2. The number of benzene rings is 3. The van der Waals surface area contributed by atoms with Crippen molar-refractivity contribution in [2.45, 2.75) is 31.5 Å². The molecule has 1 unspecified atom stereocenters. The summed E-state index contributed by atoms with van der Waals surface area (Å²) in [5, 5.41) is 11.5. The Balaban J connectivity index is 1.55. The molecule has 3 aromatic rings. The number of aryl methyl sites for hydroxylation is 1. The first kappa shape index (κ1) is 17.6. The molecule has 3 nitrogen and oxygen atoms in total. The number of hydrogen-bond donors (Lipinski definition) is 1. The van der Waals surface area contributed by atoms with Crippen molar-refractivity contribution in [3.05, 3.63) is 95.1 Å². The van der Waals surface area contributed by atoms with Gasteiger partial charge >= 0.3 is 0 Å². The van der Waals surface area contributed by atoms with E-state index < -0.39 is 5.60 Å². The van der Waals surface area contributed by atoms with Crippen LogP contribution in [0.25, 0.3) is 0 Å². The third-order valence-corrected chi connectivity index (χ3v) is 5.32. The molecule has 0 saturated carbocycles. The second-order valence-electron chi connectivity index (χ2n) is 7.04. The minimum Gasteiger partial charge on any atom is -0.497 e. The lowest BCUT2D eigenvalue weighted by Crippen LogP contribution is -2.31. The smallest absolute Gasteiger partial charge is 0.119 e. The first-order valence-electron chi connectivity index (χ1n) is 9.36. The van der Waals surface area contributed by atoms with Crippen molar-refractivity contribution in [2.24, 2.45) is 0 Å². The molecule has 3 heteroatoms. The summed E-state index contributed by atoms with van der Waals surface area (Å²) in [6, 6.07) is 23.9. The molecule has 138 valence electrons. The predicted molar refractivity (Wildman–Crippen MR) is 106 cm³/mol. The summed E-state index contributed by atoms with van der Waals surface area (Å²) >= 11 is 0. The minimum absolute atomic E-state index is 0.535. The normalized spacial score (nSPS) is 18.6. The molecule has 0 spiro atoms. The highest BCUT2D eigenvalue weighted by Gasteiger charge is 2.36. The Hall–Kier alpha value is -2.78. The van der Waals surface area contributed by atoms with Crippen LogP contribution in [0.1, 0.15) is 35.1 Å². The molecule has 0 aliphatic heterocycles. The van der Waals surface area contributed by atoms with E-state index >= 15 is 0 Å². The molecule has 0 aromatic heterocycles. The lowest BCUT2D eigenvalue weighted by Gasteiger charge is -2.35. The van der Waals surface area contributed by atoms with Crippen LogP contribution in [0.15, 0.2) is 72.8 Å². The predicted octanol–water partition coefficient (Wildman–Crippen LogP) is 4.85. The second-order valence-corrected chi connectivity index (χ2v) is 7.04. The van der Waals surface area contributed by atoms with Crippen LogP contribution in [0.4, 0.5) is 0 Å². The molecule has 4 rings (SSSR count). The van der Waals surface area contributed by atoms with Gasteiger partial charge in [0.15, 0.2) is 0 Å². The van der Waals surface area contributed by atoms with Gasteiger partial charge in [-0.2, -0.15) is 0 Å². The van der Waals surface area contributed by atoms with Crippen molar-refractivity contribution in [1.29, 1.82) is 0 Å². The van der Waals surface area contributed by atoms with E-state index in [0.29, 0.717) is 6.61 Å². The monoisotopic (exact) mass is 360 g/mol. The molecule has 0 amide bonds. The highest BCUT2D eigenvalue weighted by molar-refractivity contribution is 5.47. The molecule has 0 saturated heterocycles. The van der Waals surface area contributed by atoms with Gasteiger partial charge in [-0.25, -0.2) is 0 Å². The van der Waals surface area contributed by atoms with Gasteiger partial charge < -0.3 is 14.6 Å². The molecule has 27 heavy (non-hydrogen) atoms. The molecule has 0 radical (unpaired) electrons. The van der Waals surface area contributed by atoms with Crippen molar-refractivity contribution in [3.8, 4) is 11.5 Å². The highest BCUT2D eigenvalue weighted by Crippen LogP contribution is 2.42. The molecule has 0 bridgehead atoms. The van der Waals surface area contributed by atoms with Crippen molar-refractivity contribution in [2.75, 3.05) is 7.11 Å². The molecular formula is C24H24O3. The largest absolute Gasteiger partial charge is 0.497 e. The van der Waals surface area contributed by atoms with Crippen LogP contribution in [0.2, 0.25) is 0 Å². The highest BCUT2D eigenvalue weighted by atomic mass is 16.5. The number of rotatable bonds is 5. The van der Waals surface area contributed by atoms with Gasteiger partial charge in [-0.3, -0.25) is 0 Å². The van der Waals surface area contributed by atoms with Gasteiger partial charge in [0.25, 0.3) is 0 Å². The molecule has 1 aliphatic carbocycles. The van der Waals surface area contributed by atoms with E-state index in [2.05, 4.69) is 0 Å². The van der Waals surface area contributed by atoms with Gasteiger partial charge in [0.05, 0.1) is 7.11 Å². The van der Waals surface area contributed by atoms with E-state index in [1.54, 1.807) is 7.11 Å². The van der Waals surface area contributed by atoms with E-state index in [9.17, 15) is 5.11 Å². The number of hydrogen-bond acceptors (Lipinski definition) is 3. The maximum atomic E-state index is 11.5. The summed E-state index contributed by atoms with van der Waals surface area (Å²) in [4.78, 5) is 0.